The molecule has 0 atom stereocenters. The minimum absolute atomic E-state index is 0.412. The first-order valence-corrected chi connectivity index (χ1v) is 25.6. The summed E-state index contributed by atoms with van der Waals surface area (Å²) in [4.78, 5) is 0. The van der Waals surface area contributed by atoms with Crippen LogP contribution in [0.1, 0.15) is 23.6 Å². The van der Waals surface area contributed by atoms with Crippen molar-refractivity contribution in [2.75, 3.05) is 211 Å². The first-order valence-electron chi connectivity index (χ1n) is 25.6. The smallest absolute Gasteiger partial charge is 0.126 e. The van der Waals surface area contributed by atoms with Gasteiger partial charge >= 0.3 is 0 Å². The molecular weight excluding hydrogens is 937 g/mol. The molecule has 0 bridgehead atoms. The van der Waals surface area contributed by atoms with Gasteiger partial charge in [-0.15, -0.1) is 0 Å². The Morgan fingerprint density at radius 2 is 0.500 bits per heavy atom. The molecule has 0 fully saturated rings. The summed E-state index contributed by atoms with van der Waals surface area (Å²) in [6, 6.07) is 26.0. The molecule has 72 heavy (non-hydrogen) atoms. The summed E-state index contributed by atoms with van der Waals surface area (Å²) in [5.41, 5.74) is 3.41. The highest BCUT2D eigenvalue weighted by Crippen LogP contribution is 2.25. The second-order valence-corrected chi connectivity index (χ2v) is 15.5. The number of ether oxygens (including phenoxy) is 18. The van der Waals surface area contributed by atoms with E-state index in [0.29, 0.717) is 225 Å². The Morgan fingerprint density at radius 3 is 0.778 bits per heavy atom. The third-order valence-corrected chi connectivity index (χ3v) is 9.83. The molecule has 3 aromatic rings. The van der Waals surface area contributed by atoms with Crippen LogP contribution in [0, 0.1) is 0 Å². The molecule has 0 aliphatic carbocycles. The zero-order chi connectivity index (χ0) is 50.6. The van der Waals surface area contributed by atoms with Crippen LogP contribution < -0.4 is 9.47 Å². The van der Waals surface area contributed by atoms with E-state index >= 15 is 0 Å². The van der Waals surface area contributed by atoms with E-state index in [-0.39, 0.29) is 0 Å². The van der Waals surface area contributed by atoms with Gasteiger partial charge in [-0.3, -0.25) is 0 Å². The van der Waals surface area contributed by atoms with E-state index in [9.17, 15) is 0 Å². The van der Waals surface area contributed by atoms with Gasteiger partial charge in [0.05, 0.1) is 211 Å². The molecule has 0 spiro atoms. The van der Waals surface area contributed by atoms with Gasteiger partial charge in [-0.1, -0.05) is 73.7 Å². The van der Waals surface area contributed by atoms with E-state index in [1.165, 1.54) is 0 Å². The van der Waals surface area contributed by atoms with Crippen LogP contribution >= 0.6 is 0 Å². The molecule has 410 valence electrons. The van der Waals surface area contributed by atoms with Crippen molar-refractivity contribution in [1.29, 1.82) is 0 Å². The van der Waals surface area contributed by atoms with Gasteiger partial charge in [0.15, 0.2) is 0 Å². The van der Waals surface area contributed by atoms with Crippen molar-refractivity contribution in [3.8, 4) is 11.5 Å². The van der Waals surface area contributed by atoms with Crippen molar-refractivity contribution < 1.29 is 85.3 Å². The first-order chi connectivity index (χ1) is 35.8. The van der Waals surface area contributed by atoms with E-state index < -0.39 is 0 Å². The number of hydrogen-bond donors (Lipinski definition) is 0. The molecule has 0 unspecified atom stereocenters. The molecule has 3 aromatic carbocycles. The lowest BCUT2D eigenvalue weighted by atomic mass is 10.1. The molecule has 18 nitrogen and oxygen atoms in total. The van der Waals surface area contributed by atoms with Gasteiger partial charge in [-0.05, 0) is 29.2 Å². The zero-order valence-corrected chi connectivity index (χ0v) is 43.1. The summed E-state index contributed by atoms with van der Waals surface area (Å²) in [5, 5.41) is 0. The van der Waals surface area contributed by atoms with Gasteiger partial charge in [0, 0.05) is 6.07 Å². The largest absolute Gasteiger partial charge is 0.491 e. The van der Waals surface area contributed by atoms with Gasteiger partial charge in [-0.2, -0.15) is 0 Å². The lowest BCUT2D eigenvalue weighted by molar-refractivity contribution is -0.0241. The summed E-state index contributed by atoms with van der Waals surface area (Å²) in [6.45, 7) is 19.1. The summed E-state index contributed by atoms with van der Waals surface area (Å²) in [6.07, 6.45) is 0.842. The Kier molecular flexibility index (Phi) is 43.5. The molecule has 18 heteroatoms. The Labute approximate surface area is 429 Å². The fourth-order valence-corrected chi connectivity index (χ4v) is 6.09. The van der Waals surface area contributed by atoms with E-state index in [1.54, 1.807) is 0 Å². The average molecular weight is 1020 g/mol. The normalized spacial score (nSPS) is 11.5. The standard InChI is InChI=1S/C54H86O18/c1-2-52-13-14-53(71-45-43-67-37-35-63-29-27-59-21-19-55-15-17-57-23-25-61-31-33-65-39-41-69-48-50-9-5-3-6-10-50)47-54(52)72-46-44-68-38-36-64-30-28-60-22-20-56-16-18-58-24-26-62-32-34-66-40-42-70-49-51-11-7-4-8-12-51/h3-14,47H,2,15-46,48-49H2,1H3. The van der Waals surface area contributed by atoms with Gasteiger partial charge in [0.25, 0.3) is 0 Å². The second kappa shape index (κ2) is 49.8. The predicted molar refractivity (Wildman–Crippen MR) is 270 cm³/mol. The molecular formula is C54H86O18. The highest BCUT2D eigenvalue weighted by Gasteiger charge is 2.06. The Morgan fingerprint density at radius 1 is 0.250 bits per heavy atom. The van der Waals surface area contributed by atoms with Crippen molar-refractivity contribution in [3.63, 3.8) is 0 Å². The quantitative estimate of drug-likeness (QED) is 0.0634. The minimum Gasteiger partial charge on any atom is -0.491 e. The lowest BCUT2D eigenvalue weighted by Gasteiger charge is -2.14. The zero-order valence-electron chi connectivity index (χ0n) is 43.1. The molecule has 0 amide bonds. The molecule has 0 aliphatic rings. The van der Waals surface area contributed by atoms with Crippen LogP contribution in [-0.4, -0.2) is 211 Å². The van der Waals surface area contributed by atoms with Crippen LogP contribution in [0.4, 0.5) is 0 Å². The van der Waals surface area contributed by atoms with Crippen molar-refractivity contribution >= 4 is 0 Å². The van der Waals surface area contributed by atoms with E-state index in [2.05, 4.69) is 6.92 Å². The van der Waals surface area contributed by atoms with Crippen LogP contribution in [0.25, 0.3) is 0 Å². The molecule has 0 aromatic heterocycles. The number of rotatable bonds is 55. The summed E-state index contributed by atoms with van der Waals surface area (Å²) in [5.74, 6) is 1.51. The van der Waals surface area contributed by atoms with Crippen LogP contribution in [-0.2, 0) is 95.4 Å². The van der Waals surface area contributed by atoms with Crippen molar-refractivity contribution in [3.05, 3.63) is 95.6 Å². The molecule has 0 aliphatic heterocycles. The summed E-state index contributed by atoms with van der Waals surface area (Å²) in [7, 11) is 0. The maximum Gasteiger partial charge on any atom is 0.126 e. The number of aryl methyl sites for hydroxylation is 1. The molecule has 3 rings (SSSR count). The molecule has 0 saturated heterocycles. The highest BCUT2D eigenvalue weighted by molar-refractivity contribution is 5.40. The first kappa shape index (κ1) is 62.9. The predicted octanol–water partition coefficient (Wildman–Crippen LogP) is 5.67. The second-order valence-electron chi connectivity index (χ2n) is 15.5. The van der Waals surface area contributed by atoms with Gasteiger partial charge in [0.2, 0.25) is 0 Å². The Bertz CT molecular complexity index is 1560. The molecule has 0 N–H and O–H groups in total. The van der Waals surface area contributed by atoms with E-state index in [1.807, 2.05) is 78.9 Å². The third kappa shape index (κ3) is 39.1. The Balaban J connectivity index is 0.960. The number of hydrogen-bond acceptors (Lipinski definition) is 18. The Hall–Kier alpha value is -3.38. The van der Waals surface area contributed by atoms with Gasteiger partial charge < -0.3 is 85.3 Å². The maximum atomic E-state index is 6.02. The van der Waals surface area contributed by atoms with Crippen LogP contribution in [0.2, 0.25) is 0 Å². The SMILES string of the molecule is CCc1ccc(OCCOCCOCCOCCOCCOCCOCCOCCOCc2ccccc2)cc1OCCOCCOCCOCCOCCOCCOCCOCCOCc1ccccc1. The van der Waals surface area contributed by atoms with Crippen molar-refractivity contribution in [1.82, 2.24) is 0 Å². The third-order valence-electron chi connectivity index (χ3n) is 9.83. The fraction of sp³-hybridized carbons (Fsp3) is 0.667. The van der Waals surface area contributed by atoms with Crippen LogP contribution in [0.15, 0.2) is 78.9 Å². The number of benzene rings is 3. The van der Waals surface area contributed by atoms with Gasteiger partial charge in [0.1, 0.15) is 24.7 Å². The minimum atomic E-state index is 0.412. The lowest BCUT2D eigenvalue weighted by Crippen LogP contribution is -2.15. The molecule has 0 heterocycles. The maximum absolute atomic E-state index is 6.02. The van der Waals surface area contributed by atoms with Gasteiger partial charge in [-0.25, -0.2) is 0 Å². The monoisotopic (exact) mass is 1020 g/mol. The molecule has 0 saturated carbocycles. The average Bonchev–Trinajstić information content (AvgIpc) is 3.41. The topological polar surface area (TPSA) is 166 Å². The highest BCUT2D eigenvalue weighted by atomic mass is 16.6. The van der Waals surface area contributed by atoms with Crippen LogP contribution in [0.5, 0.6) is 11.5 Å². The van der Waals surface area contributed by atoms with E-state index in [0.717, 1.165) is 34.6 Å². The van der Waals surface area contributed by atoms with E-state index in [4.69, 9.17) is 85.3 Å². The van der Waals surface area contributed by atoms with Crippen LogP contribution in [0.3, 0.4) is 0 Å². The summed E-state index contributed by atoms with van der Waals surface area (Å²) >= 11 is 0. The fourth-order valence-electron chi connectivity index (χ4n) is 6.09. The summed E-state index contributed by atoms with van der Waals surface area (Å²) < 4.78 is 101. The molecule has 0 radical (unpaired) electrons. The van der Waals surface area contributed by atoms with Crippen molar-refractivity contribution in [2.45, 2.75) is 26.6 Å². The van der Waals surface area contributed by atoms with Crippen molar-refractivity contribution in [2.24, 2.45) is 0 Å².